The van der Waals surface area contributed by atoms with Crippen LogP contribution in [0.3, 0.4) is 0 Å². The van der Waals surface area contributed by atoms with E-state index in [1.807, 2.05) is 12.1 Å². The van der Waals surface area contributed by atoms with E-state index >= 15 is 0 Å². The average molecular weight is 323 g/mol. The number of carbonyl (C=O) groups is 2. The monoisotopic (exact) mass is 323 g/mol. The molecule has 6 nitrogen and oxygen atoms in total. The van der Waals surface area contributed by atoms with Gasteiger partial charge in [0.1, 0.15) is 0 Å². The SMILES string of the molecule is O=C(NCCN1CCCOC1=O)c1ccc(C2CCCN2)s1. The van der Waals surface area contributed by atoms with Crippen molar-refractivity contribution < 1.29 is 14.3 Å². The van der Waals surface area contributed by atoms with Gasteiger partial charge in [0.15, 0.2) is 0 Å². The molecular weight excluding hydrogens is 302 g/mol. The third-order valence-electron chi connectivity index (χ3n) is 3.98. The molecule has 1 atom stereocenters. The molecule has 0 spiro atoms. The number of hydrogen-bond acceptors (Lipinski definition) is 5. The fraction of sp³-hybridized carbons (Fsp3) is 0.600. The van der Waals surface area contributed by atoms with Gasteiger partial charge in [-0.2, -0.15) is 0 Å². The van der Waals surface area contributed by atoms with Crippen LogP contribution in [-0.4, -0.2) is 49.7 Å². The molecule has 120 valence electrons. The lowest BCUT2D eigenvalue weighted by molar-refractivity contribution is 0.0720. The summed E-state index contributed by atoms with van der Waals surface area (Å²) in [7, 11) is 0. The summed E-state index contributed by atoms with van der Waals surface area (Å²) in [5, 5.41) is 6.31. The summed E-state index contributed by atoms with van der Waals surface area (Å²) in [6.45, 7) is 3.19. The number of rotatable bonds is 5. The Morgan fingerprint density at radius 3 is 3.14 bits per heavy atom. The van der Waals surface area contributed by atoms with Crippen molar-refractivity contribution in [3.63, 3.8) is 0 Å². The molecule has 2 aliphatic heterocycles. The minimum Gasteiger partial charge on any atom is -0.449 e. The van der Waals surface area contributed by atoms with Gasteiger partial charge in [-0.1, -0.05) is 0 Å². The summed E-state index contributed by atoms with van der Waals surface area (Å²) in [5.74, 6) is -0.0698. The Balaban J connectivity index is 1.46. The molecule has 1 unspecified atom stereocenters. The number of thiophene rings is 1. The predicted molar refractivity (Wildman–Crippen MR) is 84.2 cm³/mol. The highest BCUT2D eigenvalue weighted by molar-refractivity contribution is 7.14. The van der Waals surface area contributed by atoms with E-state index in [1.165, 1.54) is 11.3 Å². The molecule has 3 rings (SSSR count). The van der Waals surface area contributed by atoms with Crippen molar-refractivity contribution in [2.24, 2.45) is 0 Å². The molecule has 3 heterocycles. The zero-order valence-electron chi connectivity index (χ0n) is 12.5. The van der Waals surface area contributed by atoms with E-state index in [-0.39, 0.29) is 12.0 Å². The summed E-state index contributed by atoms with van der Waals surface area (Å²) in [4.78, 5) is 27.2. The van der Waals surface area contributed by atoms with E-state index < -0.39 is 0 Å². The molecule has 22 heavy (non-hydrogen) atoms. The van der Waals surface area contributed by atoms with Crippen molar-refractivity contribution in [2.75, 3.05) is 32.8 Å². The first kappa shape index (κ1) is 15.3. The third-order valence-corrected chi connectivity index (χ3v) is 5.18. The van der Waals surface area contributed by atoms with Crippen LogP contribution in [0.5, 0.6) is 0 Å². The Labute approximate surface area is 133 Å². The van der Waals surface area contributed by atoms with Crippen LogP contribution in [0.2, 0.25) is 0 Å². The quantitative estimate of drug-likeness (QED) is 0.866. The van der Waals surface area contributed by atoms with Crippen molar-refractivity contribution in [1.82, 2.24) is 15.5 Å². The third kappa shape index (κ3) is 3.59. The Morgan fingerprint density at radius 1 is 1.45 bits per heavy atom. The first-order valence-corrected chi connectivity index (χ1v) is 8.59. The number of ether oxygens (including phenoxy) is 1. The molecule has 0 aliphatic carbocycles. The van der Waals surface area contributed by atoms with Crippen LogP contribution in [0.1, 0.15) is 39.9 Å². The lowest BCUT2D eigenvalue weighted by atomic mass is 10.2. The Bertz CT molecular complexity index is 540. The smallest absolute Gasteiger partial charge is 0.409 e. The van der Waals surface area contributed by atoms with Crippen LogP contribution in [0.15, 0.2) is 12.1 Å². The van der Waals surface area contributed by atoms with Crippen molar-refractivity contribution in [3.05, 3.63) is 21.9 Å². The summed E-state index contributed by atoms with van der Waals surface area (Å²) < 4.78 is 4.96. The molecule has 2 aliphatic rings. The molecule has 2 N–H and O–H groups in total. The Hall–Kier alpha value is -1.60. The molecular formula is C15H21N3O3S. The van der Waals surface area contributed by atoms with E-state index in [0.29, 0.717) is 32.3 Å². The van der Waals surface area contributed by atoms with Gasteiger partial charge < -0.3 is 20.3 Å². The minimum atomic E-state index is -0.286. The second-order valence-corrected chi connectivity index (χ2v) is 6.68. The first-order chi connectivity index (χ1) is 10.7. The summed E-state index contributed by atoms with van der Waals surface area (Å²) in [6.07, 6.45) is 2.89. The summed E-state index contributed by atoms with van der Waals surface area (Å²) in [5.41, 5.74) is 0. The lowest BCUT2D eigenvalue weighted by Crippen LogP contribution is -2.42. The number of cyclic esters (lactones) is 1. The van der Waals surface area contributed by atoms with E-state index in [4.69, 9.17) is 4.74 Å². The van der Waals surface area contributed by atoms with Crippen LogP contribution in [0.25, 0.3) is 0 Å². The topological polar surface area (TPSA) is 70.7 Å². The van der Waals surface area contributed by atoms with Crippen LogP contribution in [0.4, 0.5) is 4.79 Å². The number of hydrogen-bond donors (Lipinski definition) is 2. The highest BCUT2D eigenvalue weighted by Crippen LogP contribution is 2.29. The zero-order chi connectivity index (χ0) is 15.4. The van der Waals surface area contributed by atoms with Gasteiger partial charge in [-0.05, 0) is 37.9 Å². The van der Waals surface area contributed by atoms with Crippen LogP contribution < -0.4 is 10.6 Å². The van der Waals surface area contributed by atoms with E-state index in [9.17, 15) is 9.59 Å². The average Bonchev–Trinajstić information content (AvgIpc) is 3.20. The standard InChI is InChI=1S/C15H21N3O3S/c19-14(17-7-9-18-8-2-10-21-15(18)20)13-5-4-12(22-13)11-3-1-6-16-11/h4-5,11,16H,1-3,6-10H2,(H,17,19). The van der Waals surface area contributed by atoms with Crippen LogP contribution in [-0.2, 0) is 4.74 Å². The van der Waals surface area contributed by atoms with E-state index in [1.54, 1.807) is 16.2 Å². The molecule has 2 saturated heterocycles. The lowest BCUT2D eigenvalue weighted by Gasteiger charge is -2.26. The normalized spacial score (nSPS) is 21.7. The highest BCUT2D eigenvalue weighted by atomic mass is 32.1. The Morgan fingerprint density at radius 2 is 2.36 bits per heavy atom. The fourth-order valence-corrected chi connectivity index (χ4v) is 3.82. The molecule has 2 amide bonds. The molecule has 1 aromatic rings. The number of carbonyl (C=O) groups excluding carboxylic acids is 2. The largest absolute Gasteiger partial charge is 0.449 e. The van der Waals surface area contributed by atoms with Crippen LogP contribution >= 0.6 is 11.3 Å². The maximum Gasteiger partial charge on any atom is 0.409 e. The molecule has 7 heteroatoms. The highest BCUT2D eigenvalue weighted by Gasteiger charge is 2.21. The minimum absolute atomic E-state index is 0.0698. The second kappa shape index (κ2) is 7.11. The van der Waals surface area contributed by atoms with Crippen LogP contribution in [0, 0.1) is 0 Å². The summed E-state index contributed by atoms with van der Waals surface area (Å²) >= 11 is 1.55. The maximum absolute atomic E-state index is 12.1. The number of nitrogens with zero attached hydrogens (tertiary/aromatic N) is 1. The molecule has 2 fully saturated rings. The van der Waals surface area contributed by atoms with Gasteiger partial charge in [-0.25, -0.2) is 4.79 Å². The van der Waals surface area contributed by atoms with Gasteiger partial charge in [0.2, 0.25) is 0 Å². The predicted octanol–water partition coefficient (Wildman–Crippen LogP) is 1.74. The van der Waals surface area contributed by atoms with E-state index in [0.717, 1.165) is 24.3 Å². The first-order valence-electron chi connectivity index (χ1n) is 7.77. The second-order valence-electron chi connectivity index (χ2n) is 5.56. The number of amides is 2. The van der Waals surface area contributed by atoms with Crippen molar-refractivity contribution in [2.45, 2.75) is 25.3 Å². The van der Waals surface area contributed by atoms with Crippen molar-refractivity contribution in [1.29, 1.82) is 0 Å². The fourth-order valence-electron chi connectivity index (χ4n) is 2.78. The van der Waals surface area contributed by atoms with E-state index in [2.05, 4.69) is 10.6 Å². The van der Waals surface area contributed by atoms with Crippen molar-refractivity contribution in [3.8, 4) is 0 Å². The maximum atomic E-state index is 12.1. The molecule has 1 aromatic heterocycles. The Kier molecular flexibility index (Phi) is 4.94. The van der Waals surface area contributed by atoms with Gasteiger partial charge in [-0.15, -0.1) is 11.3 Å². The number of nitrogens with one attached hydrogen (secondary N) is 2. The molecule has 0 aromatic carbocycles. The molecule has 0 radical (unpaired) electrons. The van der Waals surface area contributed by atoms with Gasteiger partial charge in [0.05, 0.1) is 11.5 Å². The van der Waals surface area contributed by atoms with Gasteiger partial charge in [0, 0.05) is 30.6 Å². The van der Waals surface area contributed by atoms with Gasteiger partial charge in [-0.3, -0.25) is 4.79 Å². The molecule has 0 bridgehead atoms. The molecule has 0 saturated carbocycles. The van der Waals surface area contributed by atoms with Gasteiger partial charge >= 0.3 is 6.09 Å². The van der Waals surface area contributed by atoms with Crippen molar-refractivity contribution >= 4 is 23.3 Å². The summed E-state index contributed by atoms with van der Waals surface area (Å²) in [6, 6.07) is 4.31. The zero-order valence-corrected chi connectivity index (χ0v) is 13.3. The van der Waals surface area contributed by atoms with Gasteiger partial charge in [0.25, 0.3) is 5.91 Å².